The molecule has 3 heteroatoms. The Hall–Kier alpha value is -1.51. The van der Waals surface area contributed by atoms with E-state index in [1.54, 1.807) is 0 Å². The SMILES string of the molecule is CC(N)c1cc(Cl)ccc1OCCc1ccccc1. The second kappa shape index (κ2) is 6.60. The Morgan fingerprint density at radius 2 is 1.89 bits per heavy atom. The highest BCUT2D eigenvalue weighted by Crippen LogP contribution is 2.27. The molecule has 2 aromatic rings. The van der Waals surface area contributed by atoms with Crippen molar-refractivity contribution in [3.05, 3.63) is 64.7 Å². The first kappa shape index (κ1) is 13.9. The Morgan fingerprint density at radius 1 is 1.16 bits per heavy atom. The summed E-state index contributed by atoms with van der Waals surface area (Å²) in [6.07, 6.45) is 0.877. The maximum atomic E-state index is 5.98. The average molecular weight is 276 g/mol. The molecule has 100 valence electrons. The van der Waals surface area contributed by atoms with Crippen molar-refractivity contribution in [3.8, 4) is 5.75 Å². The predicted octanol–water partition coefficient (Wildman–Crippen LogP) is 3.98. The maximum Gasteiger partial charge on any atom is 0.124 e. The zero-order valence-corrected chi connectivity index (χ0v) is 11.7. The number of halogens is 1. The molecule has 0 aliphatic rings. The molecular weight excluding hydrogens is 258 g/mol. The molecule has 1 atom stereocenters. The van der Waals surface area contributed by atoms with E-state index in [4.69, 9.17) is 22.1 Å². The fourth-order valence-electron chi connectivity index (χ4n) is 1.93. The molecular formula is C16H18ClNO. The van der Waals surface area contributed by atoms with Gasteiger partial charge in [0.05, 0.1) is 6.61 Å². The van der Waals surface area contributed by atoms with Crippen molar-refractivity contribution in [2.24, 2.45) is 5.73 Å². The molecule has 0 fully saturated rings. The van der Waals surface area contributed by atoms with Gasteiger partial charge < -0.3 is 10.5 Å². The van der Waals surface area contributed by atoms with Crippen molar-refractivity contribution >= 4 is 11.6 Å². The van der Waals surface area contributed by atoms with Gasteiger partial charge in [-0.25, -0.2) is 0 Å². The first-order valence-electron chi connectivity index (χ1n) is 6.38. The van der Waals surface area contributed by atoms with Gasteiger partial charge in [-0.15, -0.1) is 0 Å². The highest BCUT2D eigenvalue weighted by molar-refractivity contribution is 6.30. The van der Waals surface area contributed by atoms with Crippen molar-refractivity contribution in [3.63, 3.8) is 0 Å². The zero-order valence-electron chi connectivity index (χ0n) is 11.0. The molecule has 0 amide bonds. The van der Waals surface area contributed by atoms with Crippen molar-refractivity contribution in [2.75, 3.05) is 6.61 Å². The Morgan fingerprint density at radius 3 is 2.58 bits per heavy atom. The van der Waals surface area contributed by atoms with Gasteiger partial charge in [-0.3, -0.25) is 0 Å². The van der Waals surface area contributed by atoms with Crippen LogP contribution in [-0.2, 0) is 6.42 Å². The van der Waals surface area contributed by atoms with Gasteiger partial charge in [0, 0.05) is 23.0 Å². The molecule has 0 heterocycles. The number of benzene rings is 2. The fraction of sp³-hybridized carbons (Fsp3) is 0.250. The number of rotatable bonds is 5. The number of ether oxygens (including phenoxy) is 1. The van der Waals surface area contributed by atoms with Crippen LogP contribution in [0.25, 0.3) is 0 Å². The average Bonchev–Trinajstić information content (AvgIpc) is 2.41. The lowest BCUT2D eigenvalue weighted by Gasteiger charge is -2.14. The highest BCUT2D eigenvalue weighted by atomic mass is 35.5. The molecule has 2 N–H and O–H groups in total. The summed E-state index contributed by atoms with van der Waals surface area (Å²) in [5.74, 6) is 0.815. The van der Waals surface area contributed by atoms with Gasteiger partial charge in [-0.1, -0.05) is 41.9 Å². The summed E-state index contributed by atoms with van der Waals surface area (Å²) in [6, 6.07) is 15.7. The summed E-state index contributed by atoms with van der Waals surface area (Å²) < 4.78 is 5.82. The number of nitrogens with two attached hydrogens (primary N) is 1. The normalized spacial score (nSPS) is 12.2. The Bertz CT molecular complexity index is 526. The van der Waals surface area contributed by atoms with Gasteiger partial charge in [0.1, 0.15) is 5.75 Å². The van der Waals surface area contributed by atoms with Crippen molar-refractivity contribution < 1.29 is 4.74 Å². The largest absolute Gasteiger partial charge is 0.493 e. The fourth-order valence-corrected chi connectivity index (χ4v) is 2.11. The van der Waals surface area contributed by atoms with Gasteiger partial charge in [0.15, 0.2) is 0 Å². The Labute approximate surface area is 119 Å². The minimum absolute atomic E-state index is 0.0922. The summed E-state index contributed by atoms with van der Waals surface area (Å²) in [6.45, 7) is 2.56. The van der Waals surface area contributed by atoms with E-state index in [2.05, 4.69) is 12.1 Å². The monoisotopic (exact) mass is 275 g/mol. The molecule has 19 heavy (non-hydrogen) atoms. The molecule has 2 aromatic carbocycles. The molecule has 0 aliphatic heterocycles. The molecule has 0 spiro atoms. The quantitative estimate of drug-likeness (QED) is 0.896. The second-order valence-electron chi connectivity index (χ2n) is 4.55. The highest BCUT2D eigenvalue weighted by Gasteiger charge is 2.08. The van der Waals surface area contributed by atoms with Crippen LogP contribution in [0.15, 0.2) is 48.5 Å². The van der Waals surface area contributed by atoms with Gasteiger partial charge in [-0.05, 0) is 30.7 Å². The van der Waals surface area contributed by atoms with Crippen LogP contribution in [0.1, 0.15) is 24.1 Å². The van der Waals surface area contributed by atoms with E-state index in [0.717, 1.165) is 17.7 Å². The van der Waals surface area contributed by atoms with Gasteiger partial charge in [0.25, 0.3) is 0 Å². The summed E-state index contributed by atoms with van der Waals surface area (Å²) in [7, 11) is 0. The molecule has 2 rings (SSSR count). The molecule has 0 aliphatic carbocycles. The third kappa shape index (κ3) is 3.98. The predicted molar refractivity (Wildman–Crippen MR) is 79.7 cm³/mol. The van der Waals surface area contributed by atoms with Crippen LogP contribution < -0.4 is 10.5 Å². The molecule has 0 aromatic heterocycles. The molecule has 1 unspecified atom stereocenters. The topological polar surface area (TPSA) is 35.2 Å². The minimum atomic E-state index is -0.0922. The summed E-state index contributed by atoms with van der Waals surface area (Å²) in [5.41, 5.74) is 8.14. The third-order valence-corrected chi connectivity index (χ3v) is 3.19. The van der Waals surface area contributed by atoms with Crippen LogP contribution in [0.3, 0.4) is 0 Å². The summed E-state index contributed by atoms with van der Waals surface area (Å²) in [5, 5.41) is 0.683. The minimum Gasteiger partial charge on any atom is -0.493 e. The first-order valence-corrected chi connectivity index (χ1v) is 6.76. The number of hydrogen-bond donors (Lipinski definition) is 1. The van der Waals surface area contributed by atoms with Crippen LogP contribution in [0.4, 0.5) is 0 Å². The van der Waals surface area contributed by atoms with E-state index >= 15 is 0 Å². The van der Waals surface area contributed by atoms with Gasteiger partial charge in [0.2, 0.25) is 0 Å². The standard InChI is InChI=1S/C16H18ClNO/c1-12(18)15-11-14(17)7-8-16(15)19-10-9-13-5-3-2-4-6-13/h2-8,11-12H,9-10,18H2,1H3. The van der Waals surface area contributed by atoms with Crippen molar-refractivity contribution in [1.82, 2.24) is 0 Å². The van der Waals surface area contributed by atoms with Crippen molar-refractivity contribution in [2.45, 2.75) is 19.4 Å². The zero-order chi connectivity index (χ0) is 13.7. The smallest absolute Gasteiger partial charge is 0.124 e. The molecule has 2 nitrogen and oxygen atoms in total. The van der Waals surface area contributed by atoms with E-state index < -0.39 is 0 Å². The molecule has 0 bridgehead atoms. The van der Waals surface area contributed by atoms with E-state index in [1.807, 2.05) is 43.3 Å². The van der Waals surface area contributed by atoms with Crippen LogP contribution >= 0.6 is 11.6 Å². The maximum absolute atomic E-state index is 5.98. The lowest BCUT2D eigenvalue weighted by atomic mass is 10.1. The third-order valence-electron chi connectivity index (χ3n) is 2.95. The van der Waals surface area contributed by atoms with E-state index in [0.29, 0.717) is 11.6 Å². The molecule has 0 saturated heterocycles. The van der Waals surface area contributed by atoms with E-state index in [9.17, 15) is 0 Å². The molecule has 0 radical (unpaired) electrons. The van der Waals surface area contributed by atoms with Crippen molar-refractivity contribution in [1.29, 1.82) is 0 Å². The first-order chi connectivity index (χ1) is 9.16. The van der Waals surface area contributed by atoms with E-state index in [1.165, 1.54) is 5.56 Å². The van der Waals surface area contributed by atoms with Crippen LogP contribution in [0.2, 0.25) is 5.02 Å². The van der Waals surface area contributed by atoms with Gasteiger partial charge >= 0.3 is 0 Å². The number of hydrogen-bond acceptors (Lipinski definition) is 2. The van der Waals surface area contributed by atoms with E-state index in [-0.39, 0.29) is 6.04 Å². The lowest BCUT2D eigenvalue weighted by Crippen LogP contribution is -2.09. The lowest BCUT2D eigenvalue weighted by molar-refractivity contribution is 0.317. The Balaban J connectivity index is 2.00. The molecule has 0 saturated carbocycles. The van der Waals surface area contributed by atoms with Crippen LogP contribution in [-0.4, -0.2) is 6.61 Å². The summed E-state index contributed by atoms with van der Waals surface area (Å²) >= 11 is 5.98. The van der Waals surface area contributed by atoms with Crippen LogP contribution in [0.5, 0.6) is 5.75 Å². The second-order valence-corrected chi connectivity index (χ2v) is 4.99. The van der Waals surface area contributed by atoms with Crippen LogP contribution in [0, 0.1) is 0 Å². The Kier molecular flexibility index (Phi) is 4.83. The summed E-state index contributed by atoms with van der Waals surface area (Å²) in [4.78, 5) is 0. The van der Waals surface area contributed by atoms with Gasteiger partial charge in [-0.2, -0.15) is 0 Å².